The third kappa shape index (κ3) is 1.83. The standard InChI is InChI=1S/C16H12N4O3/c17-7-1-3-11-9(5-7)13(16(22)19-11)15-14(20-23)10-6-8(21)2-4-12(10)18-15/h1-6,18,21,23H,17H2,(H,19,22)/b15-13-,20-14+. The molecular weight excluding hydrogens is 296 g/mol. The molecule has 1 amide bonds. The summed E-state index contributed by atoms with van der Waals surface area (Å²) in [5.41, 5.74) is 9.67. The highest BCUT2D eigenvalue weighted by atomic mass is 16.4. The number of carbonyl (C=O) groups is 1. The van der Waals surface area contributed by atoms with Gasteiger partial charge in [-0.2, -0.15) is 0 Å². The van der Waals surface area contributed by atoms with Gasteiger partial charge >= 0.3 is 0 Å². The topological polar surface area (TPSA) is 120 Å². The number of phenolic OH excluding ortho intramolecular Hbond substituents is 1. The molecule has 2 heterocycles. The molecule has 2 aromatic rings. The average Bonchev–Trinajstić information content (AvgIpc) is 3.02. The maximum absolute atomic E-state index is 12.4. The maximum atomic E-state index is 12.4. The summed E-state index contributed by atoms with van der Waals surface area (Å²) in [5.74, 6) is -0.273. The Morgan fingerprint density at radius 2 is 1.74 bits per heavy atom. The van der Waals surface area contributed by atoms with Crippen molar-refractivity contribution >= 4 is 34.3 Å². The third-order valence-electron chi connectivity index (χ3n) is 3.89. The monoisotopic (exact) mass is 308 g/mol. The highest BCUT2D eigenvalue weighted by molar-refractivity contribution is 6.39. The Morgan fingerprint density at radius 3 is 2.52 bits per heavy atom. The molecule has 0 radical (unpaired) electrons. The molecule has 7 heteroatoms. The molecule has 0 bridgehead atoms. The number of phenols is 1. The quantitative estimate of drug-likeness (QED) is 0.167. The Bertz CT molecular complexity index is 931. The maximum Gasteiger partial charge on any atom is 0.258 e. The van der Waals surface area contributed by atoms with Gasteiger partial charge in [0.05, 0.1) is 11.3 Å². The first-order chi connectivity index (χ1) is 11.1. The summed E-state index contributed by atoms with van der Waals surface area (Å²) in [7, 11) is 0. The van der Waals surface area contributed by atoms with Gasteiger partial charge in [0.15, 0.2) is 0 Å². The number of carbonyl (C=O) groups excluding carboxylic acids is 1. The van der Waals surface area contributed by atoms with E-state index in [0.29, 0.717) is 39.5 Å². The van der Waals surface area contributed by atoms with E-state index < -0.39 is 0 Å². The summed E-state index contributed by atoms with van der Waals surface area (Å²) >= 11 is 0. The normalized spacial score (nSPS) is 20.2. The Morgan fingerprint density at radius 1 is 1.00 bits per heavy atom. The van der Waals surface area contributed by atoms with Crippen LogP contribution in [-0.2, 0) is 4.79 Å². The smallest absolute Gasteiger partial charge is 0.258 e. The molecule has 2 aliphatic heterocycles. The summed E-state index contributed by atoms with van der Waals surface area (Å²) in [5, 5.41) is 28.2. The number of amides is 1. The SMILES string of the molecule is Nc1ccc2c(c1)/C(=C1/Nc3ccc(O)cc3/C1=N\O)C(=O)N2. The van der Waals surface area contributed by atoms with Crippen LogP contribution in [0.25, 0.3) is 5.57 Å². The van der Waals surface area contributed by atoms with Crippen LogP contribution >= 0.6 is 0 Å². The number of allylic oxidation sites excluding steroid dienone is 1. The molecule has 0 aliphatic carbocycles. The molecule has 4 rings (SSSR count). The van der Waals surface area contributed by atoms with Gasteiger partial charge in [0, 0.05) is 28.2 Å². The minimum Gasteiger partial charge on any atom is -0.508 e. The molecule has 0 saturated carbocycles. The van der Waals surface area contributed by atoms with Crippen molar-refractivity contribution in [1.82, 2.24) is 0 Å². The number of nitrogens with two attached hydrogens (primary N) is 1. The summed E-state index contributed by atoms with van der Waals surface area (Å²) in [6, 6.07) is 9.73. The fraction of sp³-hybridized carbons (Fsp3) is 0. The molecule has 0 unspecified atom stereocenters. The number of nitrogens with one attached hydrogen (secondary N) is 2. The minimum atomic E-state index is -0.314. The second-order valence-corrected chi connectivity index (χ2v) is 5.31. The number of aromatic hydroxyl groups is 1. The molecular formula is C16H12N4O3. The number of hydrogen-bond donors (Lipinski definition) is 5. The lowest BCUT2D eigenvalue weighted by Crippen LogP contribution is -2.12. The van der Waals surface area contributed by atoms with Crippen molar-refractivity contribution in [3.63, 3.8) is 0 Å². The molecule has 0 saturated heterocycles. The molecule has 0 spiro atoms. The van der Waals surface area contributed by atoms with Crippen LogP contribution in [0.2, 0.25) is 0 Å². The fourth-order valence-corrected chi connectivity index (χ4v) is 2.88. The predicted molar refractivity (Wildman–Crippen MR) is 86.5 cm³/mol. The minimum absolute atomic E-state index is 0.0402. The first-order valence-electron chi connectivity index (χ1n) is 6.87. The van der Waals surface area contributed by atoms with Crippen molar-refractivity contribution in [3.05, 3.63) is 53.2 Å². The van der Waals surface area contributed by atoms with Crippen LogP contribution in [-0.4, -0.2) is 21.9 Å². The van der Waals surface area contributed by atoms with Crippen molar-refractivity contribution in [2.45, 2.75) is 0 Å². The molecule has 0 fully saturated rings. The van der Waals surface area contributed by atoms with E-state index in [4.69, 9.17) is 5.73 Å². The van der Waals surface area contributed by atoms with Crippen LogP contribution < -0.4 is 16.4 Å². The van der Waals surface area contributed by atoms with Crippen molar-refractivity contribution in [2.75, 3.05) is 16.4 Å². The Balaban J connectivity index is 1.96. The van der Waals surface area contributed by atoms with E-state index in [-0.39, 0.29) is 17.4 Å². The van der Waals surface area contributed by atoms with E-state index in [0.717, 1.165) is 0 Å². The van der Waals surface area contributed by atoms with Gasteiger partial charge in [-0.25, -0.2) is 0 Å². The van der Waals surface area contributed by atoms with E-state index in [1.54, 1.807) is 24.3 Å². The summed E-state index contributed by atoms with van der Waals surface area (Å²) < 4.78 is 0. The lowest BCUT2D eigenvalue weighted by molar-refractivity contribution is -0.110. The molecule has 23 heavy (non-hydrogen) atoms. The Kier molecular flexibility index (Phi) is 2.59. The lowest BCUT2D eigenvalue weighted by Gasteiger charge is -2.05. The second kappa shape index (κ2) is 4.51. The number of benzene rings is 2. The zero-order valence-corrected chi connectivity index (χ0v) is 11.8. The van der Waals surface area contributed by atoms with Crippen LogP contribution in [0.15, 0.2) is 47.3 Å². The van der Waals surface area contributed by atoms with Crippen LogP contribution in [0, 0.1) is 0 Å². The third-order valence-corrected chi connectivity index (χ3v) is 3.89. The summed E-state index contributed by atoms with van der Waals surface area (Å²) in [6.07, 6.45) is 0. The van der Waals surface area contributed by atoms with Crippen LogP contribution in [0.5, 0.6) is 5.75 Å². The molecule has 7 nitrogen and oxygen atoms in total. The summed E-state index contributed by atoms with van der Waals surface area (Å²) in [6.45, 7) is 0. The Labute approximate surface area is 130 Å². The van der Waals surface area contributed by atoms with Gasteiger partial charge in [-0.1, -0.05) is 5.16 Å². The van der Waals surface area contributed by atoms with E-state index in [1.807, 2.05) is 0 Å². The average molecular weight is 308 g/mol. The molecule has 2 aliphatic rings. The number of nitrogens with zero attached hydrogens (tertiary/aromatic N) is 1. The zero-order valence-electron chi connectivity index (χ0n) is 11.8. The van der Waals surface area contributed by atoms with Crippen molar-refractivity contribution < 1.29 is 15.1 Å². The number of anilines is 3. The molecule has 114 valence electrons. The van der Waals surface area contributed by atoms with Gasteiger partial charge in [0.25, 0.3) is 5.91 Å². The molecule has 0 aromatic heterocycles. The second-order valence-electron chi connectivity index (χ2n) is 5.31. The van der Waals surface area contributed by atoms with E-state index in [9.17, 15) is 15.1 Å². The van der Waals surface area contributed by atoms with Crippen LogP contribution in [0.1, 0.15) is 11.1 Å². The van der Waals surface area contributed by atoms with Gasteiger partial charge in [-0.3, -0.25) is 4.79 Å². The number of hydrogen-bond acceptors (Lipinski definition) is 6. The number of nitrogen functional groups attached to an aromatic ring is 1. The van der Waals surface area contributed by atoms with Crippen molar-refractivity contribution in [1.29, 1.82) is 0 Å². The highest BCUT2D eigenvalue weighted by Gasteiger charge is 2.34. The number of fused-ring (bicyclic) bond motifs is 2. The van der Waals surface area contributed by atoms with Gasteiger partial charge < -0.3 is 26.7 Å². The lowest BCUT2D eigenvalue weighted by atomic mass is 10.0. The number of rotatable bonds is 0. The number of oxime groups is 1. The van der Waals surface area contributed by atoms with Crippen LogP contribution in [0.3, 0.4) is 0 Å². The van der Waals surface area contributed by atoms with Gasteiger partial charge in [0.2, 0.25) is 0 Å². The van der Waals surface area contributed by atoms with Gasteiger partial charge in [-0.05, 0) is 36.4 Å². The highest BCUT2D eigenvalue weighted by Crippen LogP contribution is 2.40. The van der Waals surface area contributed by atoms with E-state index >= 15 is 0 Å². The fourth-order valence-electron chi connectivity index (χ4n) is 2.88. The van der Waals surface area contributed by atoms with Crippen molar-refractivity contribution in [3.8, 4) is 5.75 Å². The Hall–Kier alpha value is -3.48. The molecule has 0 atom stereocenters. The zero-order chi connectivity index (χ0) is 16.1. The van der Waals surface area contributed by atoms with Gasteiger partial charge in [-0.15, -0.1) is 0 Å². The first kappa shape index (κ1) is 13.2. The van der Waals surface area contributed by atoms with Gasteiger partial charge in [0.1, 0.15) is 11.5 Å². The molecule has 2 aromatic carbocycles. The molecule has 6 N–H and O–H groups in total. The van der Waals surface area contributed by atoms with Crippen molar-refractivity contribution in [2.24, 2.45) is 5.16 Å². The first-order valence-corrected chi connectivity index (χ1v) is 6.87. The van der Waals surface area contributed by atoms with E-state index in [1.165, 1.54) is 12.1 Å². The van der Waals surface area contributed by atoms with Crippen LogP contribution in [0.4, 0.5) is 17.1 Å². The largest absolute Gasteiger partial charge is 0.508 e. The van der Waals surface area contributed by atoms with E-state index in [2.05, 4.69) is 15.8 Å². The summed E-state index contributed by atoms with van der Waals surface area (Å²) in [4.78, 5) is 12.4. The predicted octanol–water partition coefficient (Wildman–Crippen LogP) is 1.94.